The molecule has 0 spiro atoms. The molecule has 2 amide bonds. The lowest BCUT2D eigenvalue weighted by atomic mass is 10.1. The normalized spacial score (nSPS) is 18.5. The van der Waals surface area contributed by atoms with Crippen LogP contribution in [0.3, 0.4) is 0 Å². The van der Waals surface area contributed by atoms with E-state index >= 15 is 0 Å². The van der Waals surface area contributed by atoms with Crippen molar-refractivity contribution in [3.05, 3.63) is 35.4 Å². The fourth-order valence-electron chi connectivity index (χ4n) is 1.97. The highest BCUT2D eigenvalue weighted by molar-refractivity contribution is 7.80. The predicted molar refractivity (Wildman–Crippen MR) is 75.8 cm³/mol. The third-order valence-electron chi connectivity index (χ3n) is 3.00. The minimum absolute atomic E-state index is 0.134. The van der Waals surface area contributed by atoms with Crippen LogP contribution in [0.5, 0.6) is 0 Å². The third kappa shape index (κ3) is 3.29. The Morgan fingerprint density at radius 3 is 2.84 bits per heavy atom. The van der Waals surface area contributed by atoms with Gasteiger partial charge in [-0.2, -0.15) is 0 Å². The summed E-state index contributed by atoms with van der Waals surface area (Å²) in [6.07, 6.45) is 1.52. The summed E-state index contributed by atoms with van der Waals surface area (Å²) in [6.45, 7) is 0.669. The molecule has 19 heavy (non-hydrogen) atoms. The number of thiocarbonyl (C=S) groups is 1. The van der Waals surface area contributed by atoms with Gasteiger partial charge in [-0.25, -0.2) is 0 Å². The molecule has 0 aliphatic carbocycles. The van der Waals surface area contributed by atoms with Crippen molar-refractivity contribution in [3.8, 4) is 0 Å². The zero-order valence-corrected chi connectivity index (χ0v) is 11.1. The second kappa shape index (κ2) is 5.79. The molecule has 100 valence electrons. The Balaban J connectivity index is 2.09. The van der Waals surface area contributed by atoms with Crippen LogP contribution in [0, 0.1) is 0 Å². The van der Waals surface area contributed by atoms with Crippen molar-refractivity contribution in [2.24, 2.45) is 5.73 Å². The number of carbonyl (C=O) groups excluding carboxylic acids is 2. The van der Waals surface area contributed by atoms with Crippen molar-refractivity contribution >= 4 is 29.0 Å². The molecule has 0 bridgehead atoms. The van der Waals surface area contributed by atoms with Gasteiger partial charge in [-0.15, -0.1) is 0 Å². The van der Waals surface area contributed by atoms with E-state index in [0.717, 1.165) is 6.42 Å². The van der Waals surface area contributed by atoms with Gasteiger partial charge in [0.15, 0.2) is 0 Å². The van der Waals surface area contributed by atoms with Crippen LogP contribution in [0.1, 0.15) is 28.8 Å². The van der Waals surface area contributed by atoms with Gasteiger partial charge in [0.05, 0.1) is 0 Å². The number of hydrogen-bond acceptors (Lipinski definition) is 3. The number of carbonyl (C=O) groups is 2. The average Bonchev–Trinajstić information content (AvgIpc) is 2.41. The number of piperidine rings is 1. The van der Waals surface area contributed by atoms with Crippen LogP contribution >= 0.6 is 12.2 Å². The SMILES string of the molecule is NC(=S)c1cccc(C(=O)NC2CCCNC2=O)c1. The number of nitrogens with two attached hydrogens (primary N) is 1. The van der Waals surface area contributed by atoms with E-state index in [1.165, 1.54) is 0 Å². The molecule has 1 aromatic carbocycles. The molecule has 0 aromatic heterocycles. The summed E-state index contributed by atoms with van der Waals surface area (Å²) in [7, 11) is 0. The summed E-state index contributed by atoms with van der Waals surface area (Å²) in [4.78, 5) is 23.9. The monoisotopic (exact) mass is 277 g/mol. The first kappa shape index (κ1) is 13.5. The van der Waals surface area contributed by atoms with Crippen LogP contribution in [0.2, 0.25) is 0 Å². The molecule has 0 radical (unpaired) electrons. The van der Waals surface area contributed by atoms with E-state index in [-0.39, 0.29) is 16.8 Å². The zero-order chi connectivity index (χ0) is 13.8. The van der Waals surface area contributed by atoms with Gasteiger partial charge < -0.3 is 16.4 Å². The number of amides is 2. The highest BCUT2D eigenvalue weighted by Gasteiger charge is 2.23. The molecule has 1 heterocycles. The Morgan fingerprint density at radius 1 is 1.42 bits per heavy atom. The second-order valence-corrected chi connectivity index (χ2v) is 4.84. The maximum atomic E-state index is 12.1. The van der Waals surface area contributed by atoms with Gasteiger partial charge in [-0.3, -0.25) is 9.59 Å². The fourth-order valence-corrected chi connectivity index (χ4v) is 2.09. The average molecular weight is 277 g/mol. The van der Waals surface area contributed by atoms with Gasteiger partial charge in [0, 0.05) is 17.7 Å². The Morgan fingerprint density at radius 2 is 2.16 bits per heavy atom. The van der Waals surface area contributed by atoms with E-state index in [1.54, 1.807) is 24.3 Å². The molecule has 6 heteroatoms. The Bertz CT molecular complexity index is 530. The lowest BCUT2D eigenvalue weighted by molar-refractivity contribution is -0.124. The van der Waals surface area contributed by atoms with E-state index in [1.807, 2.05) is 0 Å². The smallest absolute Gasteiger partial charge is 0.251 e. The molecule has 4 N–H and O–H groups in total. The van der Waals surface area contributed by atoms with Gasteiger partial charge in [-0.05, 0) is 25.0 Å². The van der Waals surface area contributed by atoms with Crippen molar-refractivity contribution in [3.63, 3.8) is 0 Å². The standard InChI is InChI=1S/C13H15N3O2S/c14-11(19)8-3-1-4-9(7-8)12(17)16-10-5-2-6-15-13(10)18/h1,3-4,7,10H,2,5-6H2,(H2,14,19)(H,15,18)(H,16,17). The number of rotatable bonds is 3. The molecule has 5 nitrogen and oxygen atoms in total. The fraction of sp³-hybridized carbons (Fsp3) is 0.308. The van der Waals surface area contributed by atoms with Crippen molar-refractivity contribution < 1.29 is 9.59 Å². The molecule has 0 saturated carbocycles. The Labute approximate surface area is 116 Å². The first-order valence-corrected chi connectivity index (χ1v) is 6.47. The molecule has 2 rings (SSSR count). The molecule has 1 aromatic rings. The van der Waals surface area contributed by atoms with E-state index in [0.29, 0.717) is 24.1 Å². The second-order valence-electron chi connectivity index (χ2n) is 4.40. The lowest BCUT2D eigenvalue weighted by Gasteiger charge is -2.22. The van der Waals surface area contributed by atoms with Crippen molar-refractivity contribution in [1.82, 2.24) is 10.6 Å². The van der Waals surface area contributed by atoms with Gasteiger partial charge in [0.2, 0.25) is 5.91 Å². The van der Waals surface area contributed by atoms with Crippen LogP contribution < -0.4 is 16.4 Å². The first-order valence-electron chi connectivity index (χ1n) is 6.06. The molecule has 1 atom stereocenters. The molecular weight excluding hydrogens is 262 g/mol. The molecule has 1 fully saturated rings. The topological polar surface area (TPSA) is 84.2 Å². The molecular formula is C13H15N3O2S. The number of nitrogens with one attached hydrogen (secondary N) is 2. The number of hydrogen-bond donors (Lipinski definition) is 3. The summed E-state index contributed by atoms with van der Waals surface area (Å²) in [5, 5.41) is 5.44. The summed E-state index contributed by atoms with van der Waals surface area (Å²) in [5.74, 6) is -0.426. The van der Waals surface area contributed by atoms with E-state index in [2.05, 4.69) is 10.6 Å². The Hall–Kier alpha value is -1.95. The largest absolute Gasteiger partial charge is 0.389 e. The van der Waals surface area contributed by atoms with Crippen LogP contribution in [0.4, 0.5) is 0 Å². The minimum atomic E-state index is -0.463. The quantitative estimate of drug-likeness (QED) is 0.695. The van der Waals surface area contributed by atoms with E-state index in [9.17, 15) is 9.59 Å². The van der Waals surface area contributed by atoms with Gasteiger partial charge >= 0.3 is 0 Å². The lowest BCUT2D eigenvalue weighted by Crippen LogP contribution is -2.50. The highest BCUT2D eigenvalue weighted by atomic mass is 32.1. The van der Waals surface area contributed by atoms with Crippen LogP contribution in [0.15, 0.2) is 24.3 Å². The molecule has 1 aliphatic rings. The first-order chi connectivity index (χ1) is 9.08. The van der Waals surface area contributed by atoms with Crippen molar-refractivity contribution in [2.75, 3.05) is 6.54 Å². The minimum Gasteiger partial charge on any atom is -0.389 e. The Kier molecular flexibility index (Phi) is 4.11. The summed E-state index contributed by atoms with van der Waals surface area (Å²) < 4.78 is 0. The van der Waals surface area contributed by atoms with Gasteiger partial charge in [0.1, 0.15) is 11.0 Å². The maximum Gasteiger partial charge on any atom is 0.251 e. The van der Waals surface area contributed by atoms with Crippen LogP contribution in [0.25, 0.3) is 0 Å². The zero-order valence-electron chi connectivity index (χ0n) is 10.3. The summed E-state index contributed by atoms with van der Waals surface area (Å²) in [5.41, 5.74) is 6.61. The van der Waals surface area contributed by atoms with E-state index in [4.69, 9.17) is 18.0 Å². The van der Waals surface area contributed by atoms with Gasteiger partial charge in [-0.1, -0.05) is 24.4 Å². The van der Waals surface area contributed by atoms with Crippen LogP contribution in [-0.4, -0.2) is 29.4 Å². The van der Waals surface area contributed by atoms with Crippen molar-refractivity contribution in [2.45, 2.75) is 18.9 Å². The summed E-state index contributed by atoms with van der Waals surface area (Å²) >= 11 is 4.87. The highest BCUT2D eigenvalue weighted by Crippen LogP contribution is 2.08. The van der Waals surface area contributed by atoms with Gasteiger partial charge in [0.25, 0.3) is 5.91 Å². The molecule has 1 saturated heterocycles. The third-order valence-corrected chi connectivity index (χ3v) is 3.24. The van der Waals surface area contributed by atoms with Crippen molar-refractivity contribution in [1.29, 1.82) is 0 Å². The molecule has 1 aliphatic heterocycles. The summed E-state index contributed by atoms with van der Waals surface area (Å²) in [6, 6.07) is 6.28. The van der Waals surface area contributed by atoms with Crippen LogP contribution in [-0.2, 0) is 4.79 Å². The maximum absolute atomic E-state index is 12.1. The van der Waals surface area contributed by atoms with E-state index < -0.39 is 6.04 Å². The molecule has 1 unspecified atom stereocenters. The predicted octanol–water partition coefficient (Wildman–Crippen LogP) is 0.329. The number of benzene rings is 1.